The van der Waals surface area contributed by atoms with Crippen LogP contribution in [0.4, 0.5) is 4.39 Å². The first-order valence-corrected chi connectivity index (χ1v) is 6.25. The van der Waals surface area contributed by atoms with Crippen LogP contribution in [0.3, 0.4) is 0 Å². The third kappa shape index (κ3) is 3.19. The predicted molar refractivity (Wildman–Crippen MR) is 74.3 cm³/mol. The molecule has 0 atom stereocenters. The van der Waals surface area contributed by atoms with E-state index in [1.807, 2.05) is 24.3 Å². The molecular formula is C15H16FN3O. The summed E-state index contributed by atoms with van der Waals surface area (Å²) in [6.07, 6.45) is 1.04. The fourth-order valence-electron chi connectivity index (χ4n) is 1.94. The van der Waals surface area contributed by atoms with Crippen LogP contribution >= 0.6 is 0 Å². The average molecular weight is 273 g/mol. The third-order valence-corrected chi connectivity index (χ3v) is 3.04. The first kappa shape index (κ1) is 14.1. The fraction of sp³-hybridized carbons (Fsp3) is 0.200. The molecule has 2 rings (SSSR count). The van der Waals surface area contributed by atoms with Gasteiger partial charge in [0.25, 0.3) is 5.91 Å². The molecule has 4 nitrogen and oxygen atoms in total. The minimum absolute atomic E-state index is 0.221. The number of rotatable bonds is 4. The molecule has 0 aliphatic heterocycles. The van der Waals surface area contributed by atoms with Crippen LogP contribution in [0.15, 0.2) is 42.6 Å². The number of pyridine rings is 1. The monoisotopic (exact) mass is 273 g/mol. The highest BCUT2D eigenvalue weighted by atomic mass is 19.1. The number of hydrogen-bond acceptors (Lipinski definition) is 3. The summed E-state index contributed by atoms with van der Waals surface area (Å²) >= 11 is 0. The molecule has 0 spiro atoms. The smallest absolute Gasteiger partial charge is 0.272 e. The number of aromatic nitrogens is 1. The van der Waals surface area contributed by atoms with Gasteiger partial charge in [-0.05, 0) is 23.3 Å². The topological polar surface area (TPSA) is 59.2 Å². The number of carbonyl (C=O) groups is 1. The van der Waals surface area contributed by atoms with Gasteiger partial charge in [-0.3, -0.25) is 4.79 Å². The van der Waals surface area contributed by atoms with E-state index in [4.69, 9.17) is 5.73 Å². The molecule has 0 saturated heterocycles. The second kappa shape index (κ2) is 6.25. The van der Waals surface area contributed by atoms with Crippen molar-refractivity contribution in [2.45, 2.75) is 13.1 Å². The highest BCUT2D eigenvalue weighted by molar-refractivity contribution is 5.92. The molecule has 20 heavy (non-hydrogen) atoms. The van der Waals surface area contributed by atoms with Gasteiger partial charge in [0.15, 0.2) is 0 Å². The van der Waals surface area contributed by atoms with Crippen molar-refractivity contribution in [1.82, 2.24) is 9.88 Å². The summed E-state index contributed by atoms with van der Waals surface area (Å²) in [4.78, 5) is 17.5. The Hall–Kier alpha value is -2.27. The molecule has 0 saturated carbocycles. The van der Waals surface area contributed by atoms with Crippen LogP contribution in [0.1, 0.15) is 21.6 Å². The van der Waals surface area contributed by atoms with Crippen LogP contribution < -0.4 is 5.73 Å². The van der Waals surface area contributed by atoms with E-state index in [0.717, 1.165) is 17.3 Å². The van der Waals surface area contributed by atoms with Gasteiger partial charge >= 0.3 is 0 Å². The quantitative estimate of drug-likeness (QED) is 0.926. The number of benzene rings is 1. The van der Waals surface area contributed by atoms with Crippen molar-refractivity contribution >= 4 is 5.91 Å². The van der Waals surface area contributed by atoms with Crippen molar-refractivity contribution < 1.29 is 9.18 Å². The highest BCUT2D eigenvalue weighted by Crippen LogP contribution is 2.12. The standard InChI is InChI=1S/C15H16FN3O/c1-19(10-12-5-3-2-4-11(12)8-17)15(20)14-7-6-13(16)9-18-14/h2-7,9H,8,10,17H2,1H3. The summed E-state index contributed by atoms with van der Waals surface area (Å²) in [5, 5.41) is 0. The maximum Gasteiger partial charge on any atom is 0.272 e. The summed E-state index contributed by atoms with van der Waals surface area (Å²) in [7, 11) is 1.68. The van der Waals surface area contributed by atoms with Gasteiger partial charge in [0.1, 0.15) is 11.5 Å². The van der Waals surface area contributed by atoms with Crippen molar-refractivity contribution in [2.75, 3.05) is 7.05 Å². The van der Waals surface area contributed by atoms with E-state index in [9.17, 15) is 9.18 Å². The number of carbonyl (C=O) groups excluding carboxylic acids is 1. The molecule has 0 aliphatic carbocycles. The van der Waals surface area contributed by atoms with Gasteiger partial charge in [-0.25, -0.2) is 9.37 Å². The largest absolute Gasteiger partial charge is 0.336 e. The van der Waals surface area contributed by atoms with Crippen LogP contribution in [0.5, 0.6) is 0 Å². The second-order valence-corrected chi connectivity index (χ2v) is 4.50. The minimum atomic E-state index is -0.460. The van der Waals surface area contributed by atoms with Crippen molar-refractivity contribution in [3.63, 3.8) is 0 Å². The molecule has 5 heteroatoms. The third-order valence-electron chi connectivity index (χ3n) is 3.04. The van der Waals surface area contributed by atoms with Crippen molar-refractivity contribution in [2.24, 2.45) is 5.73 Å². The van der Waals surface area contributed by atoms with Crippen molar-refractivity contribution in [3.05, 3.63) is 65.2 Å². The zero-order valence-corrected chi connectivity index (χ0v) is 11.2. The SMILES string of the molecule is CN(Cc1ccccc1CN)C(=O)c1ccc(F)cn1. The summed E-state index contributed by atoms with van der Waals surface area (Å²) in [6.45, 7) is 0.859. The van der Waals surface area contributed by atoms with Crippen LogP contribution in [0, 0.1) is 5.82 Å². The zero-order chi connectivity index (χ0) is 14.5. The molecule has 1 aromatic heterocycles. The van der Waals surface area contributed by atoms with E-state index in [-0.39, 0.29) is 11.6 Å². The normalized spacial score (nSPS) is 10.3. The number of hydrogen-bond donors (Lipinski definition) is 1. The van der Waals surface area contributed by atoms with E-state index in [1.54, 1.807) is 7.05 Å². The van der Waals surface area contributed by atoms with Crippen LogP contribution in [-0.2, 0) is 13.1 Å². The molecule has 0 fully saturated rings. The molecule has 1 heterocycles. The second-order valence-electron chi connectivity index (χ2n) is 4.50. The van der Waals surface area contributed by atoms with E-state index in [0.29, 0.717) is 13.1 Å². The number of amides is 1. The van der Waals surface area contributed by atoms with Gasteiger partial charge in [0.2, 0.25) is 0 Å². The maximum atomic E-state index is 12.8. The summed E-state index contributed by atoms with van der Waals surface area (Å²) in [5.74, 6) is -0.713. The van der Waals surface area contributed by atoms with Crippen molar-refractivity contribution in [1.29, 1.82) is 0 Å². The lowest BCUT2D eigenvalue weighted by Gasteiger charge is -2.18. The lowest BCUT2D eigenvalue weighted by atomic mass is 10.1. The van der Waals surface area contributed by atoms with Gasteiger partial charge in [0.05, 0.1) is 6.20 Å². The lowest BCUT2D eigenvalue weighted by molar-refractivity contribution is 0.0779. The number of halogens is 1. The zero-order valence-electron chi connectivity index (χ0n) is 11.2. The van der Waals surface area contributed by atoms with Gasteiger partial charge in [-0.2, -0.15) is 0 Å². The molecule has 0 aliphatic rings. The molecule has 2 aromatic rings. The van der Waals surface area contributed by atoms with E-state index in [2.05, 4.69) is 4.98 Å². The lowest BCUT2D eigenvalue weighted by Crippen LogP contribution is -2.27. The molecule has 1 aromatic carbocycles. The van der Waals surface area contributed by atoms with Gasteiger partial charge in [0, 0.05) is 20.1 Å². The van der Waals surface area contributed by atoms with E-state index < -0.39 is 5.82 Å². The first-order valence-electron chi connectivity index (χ1n) is 6.25. The Bertz CT molecular complexity index is 598. The summed E-state index contributed by atoms with van der Waals surface area (Å²) in [6, 6.07) is 10.3. The Kier molecular flexibility index (Phi) is 4.42. The summed E-state index contributed by atoms with van der Waals surface area (Å²) < 4.78 is 12.8. The fourth-order valence-corrected chi connectivity index (χ4v) is 1.94. The molecular weight excluding hydrogens is 257 g/mol. The Morgan fingerprint density at radius 3 is 2.55 bits per heavy atom. The maximum absolute atomic E-state index is 12.8. The minimum Gasteiger partial charge on any atom is -0.336 e. The summed E-state index contributed by atoms with van der Waals surface area (Å²) in [5.41, 5.74) is 7.89. The number of nitrogens with zero attached hydrogens (tertiary/aromatic N) is 2. The van der Waals surface area contributed by atoms with Crippen LogP contribution in [0.2, 0.25) is 0 Å². The van der Waals surface area contributed by atoms with E-state index >= 15 is 0 Å². The Morgan fingerprint density at radius 1 is 1.25 bits per heavy atom. The van der Waals surface area contributed by atoms with Gasteiger partial charge < -0.3 is 10.6 Å². The van der Waals surface area contributed by atoms with Gasteiger partial charge in [-0.1, -0.05) is 24.3 Å². The molecule has 0 unspecified atom stereocenters. The Morgan fingerprint density at radius 2 is 1.95 bits per heavy atom. The molecule has 2 N–H and O–H groups in total. The van der Waals surface area contributed by atoms with Crippen LogP contribution in [-0.4, -0.2) is 22.8 Å². The van der Waals surface area contributed by atoms with Crippen molar-refractivity contribution in [3.8, 4) is 0 Å². The molecule has 1 amide bonds. The van der Waals surface area contributed by atoms with E-state index in [1.165, 1.54) is 17.0 Å². The average Bonchev–Trinajstić information content (AvgIpc) is 2.48. The number of nitrogens with two attached hydrogens (primary N) is 1. The molecule has 104 valence electrons. The Labute approximate surface area is 117 Å². The first-order chi connectivity index (χ1) is 9.61. The van der Waals surface area contributed by atoms with Gasteiger partial charge in [-0.15, -0.1) is 0 Å². The highest BCUT2D eigenvalue weighted by Gasteiger charge is 2.14. The molecule has 0 bridgehead atoms. The Balaban J connectivity index is 2.13. The predicted octanol–water partition coefficient (Wildman–Crippen LogP) is 1.95. The molecule has 0 radical (unpaired) electrons. The van der Waals surface area contributed by atoms with Crippen LogP contribution in [0.25, 0.3) is 0 Å².